The number of carbonyl (C=O) groups is 2. The molecule has 0 saturated heterocycles. The minimum atomic E-state index is -0.623. The Morgan fingerprint density at radius 1 is 1.13 bits per heavy atom. The Morgan fingerprint density at radius 2 is 1.87 bits per heavy atom. The summed E-state index contributed by atoms with van der Waals surface area (Å²) in [5.74, 6) is -0.773. The van der Waals surface area contributed by atoms with Crippen LogP contribution in [0.5, 0.6) is 0 Å². The first-order chi connectivity index (χ1) is 14.9. The van der Waals surface area contributed by atoms with Gasteiger partial charge in [-0.15, -0.1) is 11.3 Å². The zero-order valence-corrected chi connectivity index (χ0v) is 19.0. The number of pyridine rings is 1. The highest BCUT2D eigenvalue weighted by atomic mass is 79.9. The number of primary amides is 1. The van der Waals surface area contributed by atoms with E-state index < -0.39 is 5.91 Å². The van der Waals surface area contributed by atoms with Crippen LogP contribution in [0.2, 0.25) is 0 Å². The SMILES string of the molecule is CCC(=O)c1c(-c2ccccc2)c2cc(Br)ccc2c(=O)n1Cc1csc(C(N)=O)n1. The van der Waals surface area contributed by atoms with Gasteiger partial charge in [0, 0.05) is 27.2 Å². The predicted molar refractivity (Wildman–Crippen MR) is 126 cm³/mol. The minimum absolute atomic E-state index is 0.0650. The lowest BCUT2D eigenvalue weighted by Crippen LogP contribution is -2.28. The molecule has 2 heterocycles. The Kier molecular flexibility index (Phi) is 5.84. The Labute approximate surface area is 190 Å². The lowest BCUT2D eigenvalue weighted by Gasteiger charge is -2.19. The van der Waals surface area contributed by atoms with E-state index in [2.05, 4.69) is 20.9 Å². The number of hydrogen-bond acceptors (Lipinski definition) is 5. The normalized spacial score (nSPS) is 11.0. The zero-order valence-electron chi connectivity index (χ0n) is 16.6. The third-order valence-electron chi connectivity index (χ3n) is 4.96. The topological polar surface area (TPSA) is 95.0 Å². The fourth-order valence-corrected chi connectivity index (χ4v) is 4.60. The van der Waals surface area contributed by atoms with Crippen molar-refractivity contribution in [2.45, 2.75) is 19.9 Å². The summed E-state index contributed by atoms with van der Waals surface area (Å²) >= 11 is 4.60. The molecule has 1 amide bonds. The van der Waals surface area contributed by atoms with Crippen LogP contribution in [0.25, 0.3) is 21.9 Å². The summed E-state index contributed by atoms with van der Waals surface area (Å²) in [6.45, 7) is 1.83. The van der Waals surface area contributed by atoms with Crippen molar-refractivity contribution in [3.05, 3.63) is 85.1 Å². The molecule has 0 aliphatic rings. The first kappa shape index (κ1) is 21.1. The molecular formula is C23H18BrN3O3S. The summed E-state index contributed by atoms with van der Waals surface area (Å²) in [6, 6.07) is 15.0. The van der Waals surface area contributed by atoms with Crippen molar-refractivity contribution in [3.63, 3.8) is 0 Å². The molecule has 2 N–H and O–H groups in total. The average Bonchev–Trinajstić information content (AvgIpc) is 3.24. The Bertz CT molecular complexity index is 1380. The molecule has 31 heavy (non-hydrogen) atoms. The number of ketones is 1. The lowest BCUT2D eigenvalue weighted by atomic mass is 9.94. The molecule has 0 unspecified atom stereocenters. The highest BCUT2D eigenvalue weighted by molar-refractivity contribution is 9.10. The number of nitrogens with zero attached hydrogens (tertiary/aromatic N) is 2. The van der Waals surface area contributed by atoms with Gasteiger partial charge in [0.15, 0.2) is 10.8 Å². The van der Waals surface area contributed by atoms with Crippen LogP contribution in [0.15, 0.2) is 63.2 Å². The van der Waals surface area contributed by atoms with E-state index in [-0.39, 0.29) is 29.3 Å². The summed E-state index contributed by atoms with van der Waals surface area (Å²) in [4.78, 5) is 42.3. The molecule has 0 atom stereocenters. The number of amides is 1. The molecule has 0 saturated carbocycles. The Balaban J connectivity index is 2.08. The second-order valence-electron chi connectivity index (χ2n) is 6.96. The van der Waals surface area contributed by atoms with E-state index in [9.17, 15) is 14.4 Å². The average molecular weight is 496 g/mol. The van der Waals surface area contributed by atoms with Crippen molar-refractivity contribution in [2.24, 2.45) is 5.73 Å². The van der Waals surface area contributed by atoms with Crippen molar-refractivity contribution in [3.8, 4) is 11.1 Å². The smallest absolute Gasteiger partial charge is 0.277 e. The maximum Gasteiger partial charge on any atom is 0.277 e. The maximum atomic E-state index is 13.5. The molecule has 0 aliphatic carbocycles. The van der Waals surface area contributed by atoms with Crippen LogP contribution in [-0.4, -0.2) is 21.2 Å². The van der Waals surface area contributed by atoms with Crippen molar-refractivity contribution >= 4 is 49.7 Å². The number of fused-ring (bicyclic) bond motifs is 1. The van der Waals surface area contributed by atoms with Crippen LogP contribution >= 0.6 is 27.3 Å². The van der Waals surface area contributed by atoms with Gasteiger partial charge in [0.05, 0.1) is 17.9 Å². The molecule has 0 aliphatic heterocycles. The van der Waals surface area contributed by atoms with Crippen molar-refractivity contribution in [1.82, 2.24) is 9.55 Å². The third kappa shape index (κ3) is 3.96. The van der Waals surface area contributed by atoms with E-state index in [1.165, 1.54) is 4.57 Å². The van der Waals surface area contributed by atoms with E-state index in [0.717, 1.165) is 21.4 Å². The zero-order chi connectivity index (χ0) is 22.1. The number of Topliss-reactive ketones (excluding diaryl/α,β-unsaturated/α-hetero) is 1. The molecule has 4 aromatic rings. The molecule has 2 aromatic heterocycles. The minimum Gasteiger partial charge on any atom is -0.364 e. The van der Waals surface area contributed by atoms with Gasteiger partial charge in [-0.05, 0) is 29.1 Å². The summed E-state index contributed by atoms with van der Waals surface area (Å²) in [5, 5.41) is 3.05. The molecule has 2 aromatic carbocycles. The van der Waals surface area contributed by atoms with Crippen LogP contribution in [0, 0.1) is 0 Å². The molecule has 4 rings (SSSR count). The molecule has 0 fully saturated rings. The van der Waals surface area contributed by atoms with Gasteiger partial charge in [0.1, 0.15) is 0 Å². The van der Waals surface area contributed by atoms with Gasteiger partial charge in [-0.1, -0.05) is 53.2 Å². The summed E-state index contributed by atoms with van der Waals surface area (Å²) in [5.41, 5.74) is 7.41. The largest absolute Gasteiger partial charge is 0.364 e. The van der Waals surface area contributed by atoms with Crippen LogP contribution in [0.3, 0.4) is 0 Å². The first-order valence-corrected chi connectivity index (χ1v) is 11.3. The molecule has 0 radical (unpaired) electrons. The van der Waals surface area contributed by atoms with Crippen LogP contribution < -0.4 is 11.3 Å². The number of rotatable bonds is 6. The fourth-order valence-electron chi connectivity index (χ4n) is 3.58. The summed E-state index contributed by atoms with van der Waals surface area (Å²) in [6.07, 6.45) is 0.238. The van der Waals surface area contributed by atoms with Crippen LogP contribution in [-0.2, 0) is 6.54 Å². The molecular weight excluding hydrogens is 478 g/mol. The monoisotopic (exact) mass is 495 g/mol. The number of nitrogens with two attached hydrogens (primary N) is 1. The second kappa shape index (κ2) is 8.56. The highest BCUT2D eigenvalue weighted by Crippen LogP contribution is 2.33. The predicted octanol–water partition coefficient (Wildman–Crippen LogP) is 4.63. The van der Waals surface area contributed by atoms with Gasteiger partial charge in [-0.25, -0.2) is 4.98 Å². The van der Waals surface area contributed by atoms with Gasteiger partial charge in [-0.2, -0.15) is 0 Å². The highest BCUT2D eigenvalue weighted by Gasteiger charge is 2.23. The van der Waals surface area contributed by atoms with Crippen molar-refractivity contribution < 1.29 is 9.59 Å². The van der Waals surface area contributed by atoms with Crippen LogP contribution in [0.4, 0.5) is 0 Å². The number of aromatic nitrogens is 2. The third-order valence-corrected chi connectivity index (χ3v) is 6.36. The molecule has 0 spiro atoms. The Hall–Kier alpha value is -3.10. The standard InChI is InChI=1S/C23H18BrN3O3S/c1-2-18(28)20-19(13-6-4-3-5-7-13)17-10-14(24)8-9-16(17)23(30)27(20)11-15-12-31-22(26-15)21(25)29/h3-10,12H,2,11H2,1H3,(H2,25,29). The van der Waals surface area contributed by atoms with E-state index in [1.807, 2.05) is 36.4 Å². The second-order valence-corrected chi connectivity index (χ2v) is 8.73. The quantitative estimate of drug-likeness (QED) is 0.394. The lowest BCUT2D eigenvalue weighted by molar-refractivity contribution is 0.0976. The summed E-state index contributed by atoms with van der Waals surface area (Å²) < 4.78 is 2.28. The fraction of sp³-hybridized carbons (Fsp3) is 0.130. The van der Waals surface area contributed by atoms with E-state index in [4.69, 9.17) is 5.73 Å². The molecule has 6 nitrogen and oxygen atoms in total. The van der Waals surface area contributed by atoms with E-state index in [0.29, 0.717) is 27.7 Å². The number of thiazole rings is 1. The van der Waals surface area contributed by atoms with Gasteiger partial charge < -0.3 is 5.73 Å². The number of carbonyl (C=O) groups excluding carboxylic acids is 2. The maximum absolute atomic E-state index is 13.5. The van der Waals surface area contributed by atoms with Crippen LogP contribution in [0.1, 0.15) is 39.3 Å². The number of hydrogen-bond donors (Lipinski definition) is 1. The molecule has 0 bridgehead atoms. The number of benzene rings is 2. The molecule has 156 valence electrons. The Morgan fingerprint density at radius 3 is 2.52 bits per heavy atom. The molecule has 8 heteroatoms. The van der Waals surface area contributed by atoms with Gasteiger partial charge in [0.2, 0.25) is 0 Å². The number of halogens is 1. The van der Waals surface area contributed by atoms with Crippen molar-refractivity contribution in [1.29, 1.82) is 0 Å². The van der Waals surface area contributed by atoms with Gasteiger partial charge in [0.25, 0.3) is 11.5 Å². The summed E-state index contributed by atoms with van der Waals surface area (Å²) in [7, 11) is 0. The van der Waals surface area contributed by atoms with E-state index >= 15 is 0 Å². The van der Waals surface area contributed by atoms with Gasteiger partial charge >= 0.3 is 0 Å². The van der Waals surface area contributed by atoms with Crippen molar-refractivity contribution in [2.75, 3.05) is 0 Å². The van der Waals surface area contributed by atoms with E-state index in [1.54, 1.807) is 24.4 Å². The first-order valence-electron chi connectivity index (χ1n) is 9.59. The van der Waals surface area contributed by atoms with Gasteiger partial charge in [-0.3, -0.25) is 19.0 Å².